The summed E-state index contributed by atoms with van der Waals surface area (Å²) in [5.41, 5.74) is 16.3. The Labute approximate surface area is 130 Å². The van der Waals surface area contributed by atoms with E-state index in [0.29, 0.717) is 17.0 Å². The number of hydrogen-bond donors (Lipinski definition) is 3. The van der Waals surface area contributed by atoms with Crippen molar-refractivity contribution in [2.45, 2.75) is 19.5 Å². The summed E-state index contributed by atoms with van der Waals surface area (Å²) in [7, 11) is 0. The van der Waals surface area contributed by atoms with E-state index in [-0.39, 0.29) is 12.1 Å². The Balaban J connectivity index is 2.36. The monoisotopic (exact) mass is 297 g/mol. The van der Waals surface area contributed by atoms with E-state index in [1.165, 1.54) is 6.08 Å². The van der Waals surface area contributed by atoms with Gasteiger partial charge in [0.15, 0.2) is 0 Å². The summed E-state index contributed by atoms with van der Waals surface area (Å²) in [6.07, 6.45) is 5.66. The molecule has 3 nitrogen and oxygen atoms in total. The molecule has 0 bridgehead atoms. The van der Waals surface area contributed by atoms with E-state index >= 15 is 0 Å². The molecule has 1 aromatic carbocycles. The molecule has 0 amide bonds. The summed E-state index contributed by atoms with van der Waals surface area (Å²) in [5, 5.41) is 8.12. The number of hydrogen-bond acceptors (Lipinski definition) is 3. The highest BCUT2D eigenvalue weighted by Gasteiger charge is 2.12. The molecule has 0 aromatic heterocycles. The fourth-order valence-electron chi connectivity index (χ4n) is 2.42. The van der Waals surface area contributed by atoms with Gasteiger partial charge in [-0.2, -0.15) is 0 Å². The predicted octanol–water partition coefficient (Wildman–Crippen LogP) is 3.47. The molecular formula is C18H20FN3. The van der Waals surface area contributed by atoms with Crippen LogP contribution in [0.3, 0.4) is 0 Å². The first-order chi connectivity index (χ1) is 10.4. The van der Waals surface area contributed by atoms with E-state index < -0.39 is 6.17 Å². The first-order valence-corrected chi connectivity index (χ1v) is 7.03. The van der Waals surface area contributed by atoms with Crippen LogP contribution in [0.1, 0.15) is 23.1 Å². The molecule has 2 rings (SSSR count). The maximum atomic E-state index is 13.1. The zero-order chi connectivity index (χ0) is 16.3. The van der Waals surface area contributed by atoms with Gasteiger partial charge in [-0.1, -0.05) is 36.9 Å². The largest absolute Gasteiger partial charge is 0.399 e. The zero-order valence-electron chi connectivity index (χ0n) is 12.6. The van der Waals surface area contributed by atoms with Crippen molar-refractivity contribution in [2.24, 2.45) is 11.5 Å². The highest BCUT2D eigenvalue weighted by Crippen LogP contribution is 2.24. The minimum Gasteiger partial charge on any atom is -0.399 e. The van der Waals surface area contributed by atoms with Gasteiger partial charge in [-0.25, -0.2) is 4.39 Å². The maximum Gasteiger partial charge on any atom is 0.122 e. The Morgan fingerprint density at radius 1 is 1.41 bits per heavy atom. The molecule has 0 saturated carbocycles. The van der Waals surface area contributed by atoms with Gasteiger partial charge in [0, 0.05) is 28.9 Å². The highest BCUT2D eigenvalue weighted by atomic mass is 19.1. The quantitative estimate of drug-likeness (QED) is 0.744. The molecule has 0 fully saturated rings. The van der Waals surface area contributed by atoms with Crippen LogP contribution < -0.4 is 11.5 Å². The number of halogens is 1. The standard InChI is InChI=1S/C18H20FN3/c1-11-4-3-5-15(12(2)20)18(11)17(22)10-16(21)13-6-8-14(19)9-7-13/h3-8,10,14,21H,2,9,20,22H2,1H3. The van der Waals surface area contributed by atoms with Gasteiger partial charge in [0.1, 0.15) is 6.17 Å². The normalized spacial score (nSPS) is 18.0. The van der Waals surface area contributed by atoms with Crippen LogP contribution in [-0.4, -0.2) is 11.9 Å². The van der Waals surface area contributed by atoms with Crippen molar-refractivity contribution < 1.29 is 4.39 Å². The fourth-order valence-corrected chi connectivity index (χ4v) is 2.42. The van der Waals surface area contributed by atoms with Crippen LogP contribution in [0.5, 0.6) is 0 Å². The third kappa shape index (κ3) is 3.34. The first kappa shape index (κ1) is 15.8. The van der Waals surface area contributed by atoms with Crippen LogP contribution in [0.2, 0.25) is 0 Å². The SMILES string of the molecule is C=C(N)c1cccc(C)c1C(N)=CC(=N)C1=CCC(F)C=C1. The lowest BCUT2D eigenvalue weighted by Crippen LogP contribution is -2.10. The summed E-state index contributed by atoms with van der Waals surface area (Å²) < 4.78 is 13.1. The Kier molecular flexibility index (Phi) is 4.61. The third-order valence-corrected chi connectivity index (χ3v) is 3.57. The van der Waals surface area contributed by atoms with Gasteiger partial charge in [0.05, 0.1) is 5.71 Å². The molecule has 1 aliphatic carbocycles. The number of aryl methyl sites for hydroxylation is 1. The number of nitrogens with two attached hydrogens (primary N) is 2. The van der Waals surface area contributed by atoms with Crippen LogP contribution in [-0.2, 0) is 0 Å². The number of benzene rings is 1. The third-order valence-electron chi connectivity index (χ3n) is 3.57. The van der Waals surface area contributed by atoms with E-state index in [9.17, 15) is 4.39 Å². The van der Waals surface area contributed by atoms with Crippen molar-refractivity contribution in [3.05, 3.63) is 71.3 Å². The minimum atomic E-state index is -0.971. The summed E-state index contributed by atoms with van der Waals surface area (Å²) in [5.74, 6) is 0. The van der Waals surface area contributed by atoms with Crippen molar-refractivity contribution >= 4 is 17.1 Å². The van der Waals surface area contributed by atoms with Crippen LogP contribution in [0.4, 0.5) is 4.39 Å². The molecule has 0 aliphatic heterocycles. The molecule has 1 unspecified atom stereocenters. The smallest absolute Gasteiger partial charge is 0.122 e. The van der Waals surface area contributed by atoms with Crippen molar-refractivity contribution in [1.82, 2.24) is 0 Å². The van der Waals surface area contributed by atoms with E-state index in [4.69, 9.17) is 16.9 Å². The topological polar surface area (TPSA) is 75.9 Å². The predicted molar refractivity (Wildman–Crippen MR) is 91.0 cm³/mol. The summed E-state index contributed by atoms with van der Waals surface area (Å²) in [6.45, 7) is 5.69. The second-order valence-corrected chi connectivity index (χ2v) is 5.31. The highest BCUT2D eigenvalue weighted by molar-refractivity contribution is 6.12. The van der Waals surface area contributed by atoms with E-state index in [1.807, 2.05) is 25.1 Å². The van der Waals surface area contributed by atoms with Crippen molar-refractivity contribution in [3.8, 4) is 0 Å². The molecule has 0 saturated heterocycles. The van der Waals surface area contributed by atoms with Gasteiger partial charge in [-0.15, -0.1) is 0 Å². The fraction of sp³-hybridized carbons (Fsp3) is 0.167. The Morgan fingerprint density at radius 3 is 2.73 bits per heavy atom. The molecule has 22 heavy (non-hydrogen) atoms. The van der Waals surface area contributed by atoms with Gasteiger partial charge in [-0.3, -0.25) is 0 Å². The van der Waals surface area contributed by atoms with E-state index in [2.05, 4.69) is 6.58 Å². The average Bonchev–Trinajstić information content (AvgIpc) is 2.47. The second kappa shape index (κ2) is 6.43. The molecule has 0 radical (unpaired) electrons. The molecular weight excluding hydrogens is 277 g/mol. The van der Waals surface area contributed by atoms with Gasteiger partial charge >= 0.3 is 0 Å². The Hall–Kier alpha value is -2.62. The van der Waals surface area contributed by atoms with Crippen LogP contribution in [0, 0.1) is 12.3 Å². The average molecular weight is 297 g/mol. The Morgan fingerprint density at radius 2 is 2.14 bits per heavy atom. The lowest BCUT2D eigenvalue weighted by molar-refractivity contribution is 0.401. The minimum absolute atomic E-state index is 0.248. The number of allylic oxidation sites excluding steroid dienone is 5. The van der Waals surface area contributed by atoms with Crippen LogP contribution >= 0.6 is 0 Å². The van der Waals surface area contributed by atoms with Gasteiger partial charge in [-0.05, 0) is 30.2 Å². The summed E-state index contributed by atoms with van der Waals surface area (Å²) >= 11 is 0. The molecule has 0 heterocycles. The van der Waals surface area contributed by atoms with Gasteiger partial charge < -0.3 is 16.9 Å². The molecule has 4 heteroatoms. The van der Waals surface area contributed by atoms with E-state index in [0.717, 1.165) is 16.7 Å². The molecule has 1 aromatic rings. The molecule has 114 valence electrons. The van der Waals surface area contributed by atoms with Gasteiger partial charge in [0.2, 0.25) is 0 Å². The van der Waals surface area contributed by atoms with Gasteiger partial charge in [0.25, 0.3) is 0 Å². The maximum absolute atomic E-state index is 13.1. The lowest BCUT2D eigenvalue weighted by atomic mass is 9.95. The van der Waals surface area contributed by atoms with Crippen molar-refractivity contribution in [1.29, 1.82) is 5.41 Å². The molecule has 5 N–H and O–H groups in total. The van der Waals surface area contributed by atoms with E-state index in [1.54, 1.807) is 18.2 Å². The van der Waals surface area contributed by atoms with Crippen LogP contribution in [0.25, 0.3) is 11.4 Å². The summed E-state index contributed by atoms with van der Waals surface area (Å²) in [6, 6.07) is 5.67. The molecule has 1 atom stereocenters. The number of rotatable bonds is 4. The first-order valence-electron chi connectivity index (χ1n) is 7.03. The Bertz CT molecular complexity index is 711. The number of nitrogens with one attached hydrogen (secondary N) is 1. The second-order valence-electron chi connectivity index (χ2n) is 5.31. The zero-order valence-corrected chi connectivity index (χ0v) is 12.6. The lowest BCUT2D eigenvalue weighted by Gasteiger charge is -2.14. The number of alkyl halides is 1. The molecule has 1 aliphatic rings. The van der Waals surface area contributed by atoms with Crippen molar-refractivity contribution in [2.75, 3.05) is 0 Å². The summed E-state index contributed by atoms with van der Waals surface area (Å²) in [4.78, 5) is 0. The molecule has 0 spiro atoms. The van der Waals surface area contributed by atoms with Crippen molar-refractivity contribution in [3.63, 3.8) is 0 Å². The van der Waals surface area contributed by atoms with Crippen LogP contribution in [0.15, 0.2) is 54.7 Å².